The van der Waals surface area contributed by atoms with Gasteiger partial charge in [-0.15, -0.1) is 0 Å². The topological polar surface area (TPSA) is 121 Å². The van der Waals surface area contributed by atoms with Gasteiger partial charge >= 0.3 is 12.2 Å². The van der Waals surface area contributed by atoms with E-state index in [-0.39, 0.29) is 16.0 Å². The smallest absolute Gasteiger partial charge is 0.417 e. The summed E-state index contributed by atoms with van der Waals surface area (Å²) in [5, 5.41) is 5.51. The number of urea groups is 1. The lowest BCUT2D eigenvalue weighted by Crippen LogP contribution is -2.19. The molecular weight excluding hydrogens is 571 g/mol. The van der Waals surface area contributed by atoms with Gasteiger partial charge in [-0.1, -0.05) is 15.9 Å². The summed E-state index contributed by atoms with van der Waals surface area (Å²) in [5.74, 6) is 1.14. The Morgan fingerprint density at radius 1 is 1.00 bits per heavy atom. The van der Waals surface area contributed by atoms with Gasteiger partial charge in [-0.25, -0.2) is 14.8 Å². The van der Waals surface area contributed by atoms with Crippen LogP contribution < -0.4 is 25.8 Å². The third-order valence-corrected chi connectivity index (χ3v) is 5.82. The van der Waals surface area contributed by atoms with Crippen LogP contribution in [0.3, 0.4) is 0 Å². The SMILES string of the molecule is COCCOc1cc2ncnc(Oc3ccc(NC(=O)Nc4ccc(Br)c(C(F)(F)F)c4)cc3)c2cc1N. The lowest BCUT2D eigenvalue weighted by atomic mass is 10.2. The van der Waals surface area contributed by atoms with E-state index in [9.17, 15) is 18.0 Å². The van der Waals surface area contributed by atoms with Crippen molar-refractivity contribution in [3.05, 3.63) is 71.0 Å². The number of halogens is 4. The molecule has 0 radical (unpaired) electrons. The molecule has 9 nitrogen and oxygen atoms in total. The van der Waals surface area contributed by atoms with Crippen LogP contribution in [0.5, 0.6) is 17.4 Å². The van der Waals surface area contributed by atoms with Crippen LogP contribution >= 0.6 is 15.9 Å². The molecule has 0 bridgehead atoms. The molecule has 0 fully saturated rings. The van der Waals surface area contributed by atoms with Crippen molar-refractivity contribution in [1.29, 1.82) is 0 Å². The van der Waals surface area contributed by atoms with Crippen molar-refractivity contribution in [2.24, 2.45) is 0 Å². The van der Waals surface area contributed by atoms with Crippen molar-refractivity contribution in [3.8, 4) is 17.4 Å². The van der Waals surface area contributed by atoms with Gasteiger partial charge in [0.2, 0.25) is 5.88 Å². The Bertz CT molecular complexity index is 1450. The van der Waals surface area contributed by atoms with Gasteiger partial charge in [0.25, 0.3) is 0 Å². The number of hydrogen-bond acceptors (Lipinski definition) is 7. The number of benzene rings is 3. The normalized spacial score (nSPS) is 11.3. The minimum Gasteiger partial charge on any atom is -0.489 e. The van der Waals surface area contributed by atoms with Gasteiger partial charge in [0.15, 0.2) is 0 Å². The van der Waals surface area contributed by atoms with E-state index in [1.54, 1.807) is 43.5 Å². The number of hydrogen-bond donors (Lipinski definition) is 3. The van der Waals surface area contributed by atoms with Gasteiger partial charge < -0.3 is 30.6 Å². The Balaban J connectivity index is 1.42. The summed E-state index contributed by atoms with van der Waals surface area (Å²) < 4.78 is 55.6. The fraction of sp³-hybridized carbons (Fsp3) is 0.160. The zero-order valence-corrected chi connectivity index (χ0v) is 21.4. The van der Waals surface area contributed by atoms with Crippen LogP contribution in [-0.4, -0.2) is 36.3 Å². The fourth-order valence-corrected chi connectivity index (χ4v) is 3.82. The van der Waals surface area contributed by atoms with Crippen LogP contribution in [0.2, 0.25) is 0 Å². The third-order valence-electron chi connectivity index (χ3n) is 5.13. The number of fused-ring (bicyclic) bond motifs is 1. The van der Waals surface area contributed by atoms with Crippen LogP contribution in [0, 0.1) is 0 Å². The molecule has 4 N–H and O–H groups in total. The van der Waals surface area contributed by atoms with E-state index in [1.807, 2.05) is 0 Å². The van der Waals surface area contributed by atoms with Crippen molar-refractivity contribution < 1.29 is 32.2 Å². The number of amides is 2. The quantitative estimate of drug-likeness (QED) is 0.159. The molecule has 1 aromatic heterocycles. The minimum atomic E-state index is -4.57. The summed E-state index contributed by atoms with van der Waals surface area (Å²) in [6.45, 7) is 0.738. The van der Waals surface area contributed by atoms with E-state index in [2.05, 4.69) is 36.5 Å². The van der Waals surface area contributed by atoms with Gasteiger partial charge in [0.05, 0.1) is 28.8 Å². The predicted molar refractivity (Wildman–Crippen MR) is 140 cm³/mol. The van der Waals surface area contributed by atoms with Gasteiger partial charge in [0.1, 0.15) is 24.4 Å². The van der Waals surface area contributed by atoms with Crippen LogP contribution in [0.15, 0.2) is 65.4 Å². The largest absolute Gasteiger partial charge is 0.489 e. The number of ether oxygens (including phenoxy) is 3. The highest BCUT2D eigenvalue weighted by Gasteiger charge is 2.33. The highest BCUT2D eigenvalue weighted by atomic mass is 79.9. The first kappa shape index (κ1) is 26.9. The Labute approximate surface area is 223 Å². The number of methoxy groups -OCH3 is 1. The van der Waals surface area contributed by atoms with Crippen LogP contribution in [-0.2, 0) is 10.9 Å². The minimum absolute atomic E-state index is 0.0138. The Morgan fingerprint density at radius 2 is 1.71 bits per heavy atom. The molecule has 198 valence electrons. The standard InChI is InChI=1S/C25H21BrF3N5O4/c1-36-8-9-37-22-12-21-17(11-20(22)30)23(32-13-31-21)38-16-5-2-14(3-6-16)33-24(35)34-15-4-7-19(26)18(10-15)25(27,28)29/h2-7,10-13H,8-9,30H2,1H3,(H2,33,34,35). The lowest BCUT2D eigenvalue weighted by molar-refractivity contribution is -0.138. The lowest BCUT2D eigenvalue weighted by Gasteiger charge is -2.13. The van der Waals surface area contributed by atoms with Crippen molar-refractivity contribution in [3.63, 3.8) is 0 Å². The number of alkyl halides is 3. The molecule has 0 aliphatic rings. The summed E-state index contributed by atoms with van der Waals surface area (Å²) in [4.78, 5) is 20.7. The van der Waals surface area contributed by atoms with Crippen molar-refractivity contribution in [2.45, 2.75) is 6.18 Å². The van der Waals surface area contributed by atoms with Gasteiger partial charge in [0, 0.05) is 29.0 Å². The predicted octanol–water partition coefficient (Wildman–Crippen LogP) is 6.45. The maximum Gasteiger partial charge on any atom is 0.417 e. The van der Waals surface area contributed by atoms with E-state index in [0.29, 0.717) is 47.0 Å². The number of aromatic nitrogens is 2. The third kappa shape index (κ3) is 6.61. The molecular formula is C25H21BrF3N5O4. The summed E-state index contributed by atoms with van der Waals surface area (Å²) >= 11 is 2.86. The summed E-state index contributed by atoms with van der Waals surface area (Å²) in [6, 6.07) is 12.3. The average Bonchev–Trinajstić information content (AvgIpc) is 2.86. The van der Waals surface area contributed by atoms with E-state index in [4.69, 9.17) is 19.9 Å². The van der Waals surface area contributed by atoms with Crippen LogP contribution in [0.25, 0.3) is 10.9 Å². The summed E-state index contributed by atoms with van der Waals surface area (Å²) in [6.07, 6.45) is -3.22. The van der Waals surface area contributed by atoms with Crippen molar-refractivity contribution in [1.82, 2.24) is 9.97 Å². The molecule has 3 aromatic carbocycles. The molecule has 4 aromatic rings. The molecule has 4 rings (SSSR count). The molecule has 0 saturated heterocycles. The number of nitrogens with one attached hydrogen (secondary N) is 2. The Kier molecular flexibility index (Phi) is 8.17. The molecule has 0 aliphatic heterocycles. The molecule has 0 aliphatic carbocycles. The fourth-order valence-electron chi connectivity index (χ4n) is 3.35. The molecule has 13 heteroatoms. The first-order chi connectivity index (χ1) is 18.1. The highest BCUT2D eigenvalue weighted by Crippen LogP contribution is 2.36. The van der Waals surface area contributed by atoms with Gasteiger partial charge in [-0.2, -0.15) is 13.2 Å². The van der Waals surface area contributed by atoms with Gasteiger partial charge in [-0.05, 0) is 48.5 Å². The second-order valence-corrected chi connectivity index (χ2v) is 8.68. The summed E-state index contributed by atoms with van der Waals surface area (Å²) in [5.41, 5.74) is 6.53. The number of anilines is 3. The van der Waals surface area contributed by atoms with Gasteiger partial charge in [-0.3, -0.25) is 0 Å². The van der Waals surface area contributed by atoms with Crippen molar-refractivity contribution in [2.75, 3.05) is 36.7 Å². The Morgan fingerprint density at radius 3 is 2.42 bits per heavy atom. The monoisotopic (exact) mass is 591 g/mol. The highest BCUT2D eigenvalue weighted by molar-refractivity contribution is 9.10. The second-order valence-electron chi connectivity index (χ2n) is 7.83. The molecule has 1 heterocycles. The maximum absolute atomic E-state index is 13.1. The first-order valence-corrected chi connectivity index (χ1v) is 11.8. The number of nitrogens with two attached hydrogens (primary N) is 1. The number of nitrogens with zero attached hydrogens (tertiary/aromatic N) is 2. The van der Waals surface area contributed by atoms with Crippen LogP contribution in [0.4, 0.5) is 35.0 Å². The molecule has 0 unspecified atom stereocenters. The molecule has 0 saturated carbocycles. The zero-order valence-electron chi connectivity index (χ0n) is 19.8. The molecule has 0 spiro atoms. The first-order valence-electron chi connectivity index (χ1n) is 11.0. The number of carbonyl (C=O) groups is 1. The molecule has 2 amide bonds. The maximum atomic E-state index is 13.1. The second kappa shape index (κ2) is 11.5. The van der Waals surface area contributed by atoms with E-state index in [0.717, 1.165) is 6.07 Å². The molecule has 0 atom stereocenters. The average molecular weight is 592 g/mol. The van der Waals surface area contributed by atoms with Crippen LogP contribution in [0.1, 0.15) is 5.56 Å². The van der Waals surface area contributed by atoms with E-state index < -0.39 is 17.8 Å². The van der Waals surface area contributed by atoms with Crippen molar-refractivity contribution >= 4 is 49.9 Å². The van der Waals surface area contributed by atoms with E-state index >= 15 is 0 Å². The molecule has 38 heavy (non-hydrogen) atoms. The number of nitrogen functional groups attached to an aromatic ring is 1. The number of carbonyl (C=O) groups excluding carboxylic acids is 1. The zero-order chi connectivity index (χ0) is 27.3. The number of rotatable bonds is 8. The Hall–Kier alpha value is -4.10. The summed E-state index contributed by atoms with van der Waals surface area (Å²) in [7, 11) is 1.57. The van der Waals surface area contributed by atoms with E-state index in [1.165, 1.54) is 18.5 Å².